The van der Waals surface area contributed by atoms with Gasteiger partial charge >= 0.3 is 5.97 Å². The van der Waals surface area contributed by atoms with Gasteiger partial charge in [-0.05, 0) is 52.4 Å². The summed E-state index contributed by atoms with van der Waals surface area (Å²) >= 11 is 0. The molecular weight excluding hydrogens is 256 g/mol. The number of aliphatic hydroxyl groups is 2. The predicted octanol–water partition coefficient (Wildman–Crippen LogP) is 2.35. The van der Waals surface area contributed by atoms with Crippen LogP contribution in [0.2, 0.25) is 0 Å². The van der Waals surface area contributed by atoms with E-state index in [1.165, 1.54) is 7.11 Å². The Balaban J connectivity index is 2.60. The topological polar surface area (TPSA) is 66.8 Å². The predicted molar refractivity (Wildman–Crippen MR) is 78.1 cm³/mol. The summed E-state index contributed by atoms with van der Waals surface area (Å²) in [6, 6.07) is 0. The fraction of sp³-hybridized carbons (Fsp3) is 0.688. The monoisotopic (exact) mass is 282 g/mol. The molecule has 20 heavy (non-hydrogen) atoms. The molecule has 0 aliphatic heterocycles. The molecule has 0 aromatic rings. The second kappa shape index (κ2) is 6.55. The average Bonchev–Trinajstić information content (AvgIpc) is 2.36. The first kappa shape index (κ1) is 16.9. The molecule has 1 aliphatic rings. The minimum atomic E-state index is -0.861. The number of hydrogen-bond donors (Lipinski definition) is 2. The van der Waals surface area contributed by atoms with E-state index >= 15 is 0 Å². The van der Waals surface area contributed by atoms with Crippen LogP contribution in [0.15, 0.2) is 23.8 Å². The molecule has 4 nitrogen and oxygen atoms in total. The van der Waals surface area contributed by atoms with E-state index in [1.54, 1.807) is 19.9 Å². The van der Waals surface area contributed by atoms with Gasteiger partial charge in [0.1, 0.15) is 0 Å². The summed E-state index contributed by atoms with van der Waals surface area (Å²) < 4.78 is 4.70. The van der Waals surface area contributed by atoms with Crippen LogP contribution in [-0.4, -0.2) is 34.5 Å². The fourth-order valence-electron chi connectivity index (χ4n) is 2.47. The van der Waals surface area contributed by atoms with Crippen LogP contribution in [-0.2, 0) is 9.53 Å². The lowest BCUT2D eigenvalue weighted by atomic mass is 9.77. The van der Waals surface area contributed by atoms with Gasteiger partial charge in [-0.3, -0.25) is 0 Å². The maximum Gasteiger partial charge on any atom is 0.333 e. The molecular formula is C16H26O4. The summed E-state index contributed by atoms with van der Waals surface area (Å²) in [4.78, 5) is 11.4. The smallest absolute Gasteiger partial charge is 0.333 e. The highest BCUT2D eigenvalue weighted by Gasteiger charge is 2.32. The Morgan fingerprint density at radius 1 is 1.45 bits per heavy atom. The third-order valence-corrected chi connectivity index (χ3v) is 3.79. The molecule has 0 unspecified atom stereocenters. The Bertz CT molecular complexity index is 399. The van der Waals surface area contributed by atoms with Gasteiger partial charge < -0.3 is 14.9 Å². The maximum absolute atomic E-state index is 11.4. The molecule has 0 saturated carbocycles. The second-order valence-electron chi connectivity index (χ2n) is 6.31. The third-order valence-electron chi connectivity index (χ3n) is 3.79. The van der Waals surface area contributed by atoms with Crippen LogP contribution < -0.4 is 0 Å². The van der Waals surface area contributed by atoms with Crippen molar-refractivity contribution in [2.24, 2.45) is 5.92 Å². The summed E-state index contributed by atoms with van der Waals surface area (Å²) in [6.45, 7) is 5.21. The van der Waals surface area contributed by atoms with Crippen molar-refractivity contribution in [2.45, 2.75) is 57.7 Å². The number of ether oxygens (including phenoxy) is 1. The maximum atomic E-state index is 11.4. The number of carbonyl (C=O) groups excluding carboxylic acids is 1. The lowest BCUT2D eigenvalue weighted by Gasteiger charge is -2.34. The Hall–Kier alpha value is -1.13. The minimum Gasteiger partial charge on any atom is -0.466 e. The molecule has 114 valence electrons. The van der Waals surface area contributed by atoms with Crippen molar-refractivity contribution in [3.05, 3.63) is 23.8 Å². The number of hydrogen-bond acceptors (Lipinski definition) is 4. The van der Waals surface area contributed by atoms with Crippen molar-refractivity contribution in [2.75, 3.05) is 7.11 Å². The number of esters is 1. The summed E-state index contributed by atoms with van der Waals surface area (Å²) in [5.74, 6) is -0.160. The largest absolute Gasteiger partial charge is 0.466 e. The number of rotatable bonds is 5. The highest BCUT2D eigenvalue weighted by molar-refractivity contribution is 5.88. The van der Waals surface area contributed by atoms with Gasteiger partial charge in [0, 0.05) is 5.57 Å². The summed E-state index contributed by atoms with van der Waals surface area (Å²) in [5.41, 5.74) is -0.993. The first-order valence-corrected chi connectivity index (χ1v) is 7.05. The number of methoxy groups -OCH3 is 1. The van der Waals surface area contributed by atoms with Crippen molar-refractivity contribution in [1.29, 1.82) is 0 Å². The normalized spacial score (nSPS) is 23.3. The van der Waals surface area contributed by atoms with Gasteiger partial charge in [-0.25, -0.2) is 4.79 Å². The van der Waals surface area contributed by atoms with Crippen molar-refractivity contribution in [1.82, 2.24) is 0 Å². The molecule has 4 heteroatoms. The number of allylic oxidation sites excluding steroid dienone is 1. The van der Waals surface area contributed by atoms with Crippen molar-refractivity contribution in [3.8, 4) is 0 Å². The second-order valence-corrected chi connectivity index (χ2v) is 6.31. The van der Waals surface area contributed by atoms with E-state index in [0.717, 1.165) is 6.42 Å². The van der Waals surface area contributed by atoms with Gasteiger partial charge in [-0.2, -0.15) is 0 Å². The standard InChI is InChI=1S/C16H26O4/c1-15(2,18)10-5-11-16(3,19)13-8-6-12(7-9-13)14(17)20-4/h5-6,10,13,18-19H,7-9,11H2,1-4H3/b10-5+/t13-,16-/m0/s1. The summed E-state index contributed by atoms with van der Waals surface area (Å²) in [6.07, 6.45) is 7.96. The van der Waals surface area contributed by atoms with Crippen LogP contribution in [0.3, 0.4) is 0 Å². The van der Waals surface area contributed by atoms with E-state index in [1.807, 2.05) is 19.1 Å². The quantitative estimate of drug-likeness (QED) is 0.600. The van der Waals surface area contributed by atoms with Gasteiger partial charge in [0.05, 0.1) is 18.3 Å². The van der Waals surface area contributed by atoms with Crippen LogP contribution in [0.1, 0.15) is 46.5 Å². The molecule has 0 radical (unpaired) electrons. The molecule has 0 spiro atoms. The first-order valence-electron chi connectivity index (χ1n) is 7.05. The van der Waals surface area contributed by atoms with Gasteiger partial charge in [-0.15, -0.1) is 0 Å². The first-order chi connectivity index (χ1) is 9.15. The Morgan fingerprint density at radius 3 is 2.55 bits per heavy atom. The molecule has 1 rings (SSSR count). The Morgan fingerprint density at radius 2 is 2.10 bits per heavy atom. The molecule has 0 aromatic heterocycles. The van der Waals surface area contributed by atoms with Gasteiger partial charge in [0.15, 0.2) is 0 Å². The summed E-state index contributed by atoms with van der Waals surface area (Å²) in [7, 11) is 1.38. The van der Waals surface area contributed by atoms with Crippen LogP contribution in [0.25, 0.3) is 0 Å². The SMILES string of the molecule is COC(=O)C1=CC[C@H]([C@@](C)(O)C/C=C/C(C)(C)O)CC1. The molecule has 0 bridgehead atoms. The molecule has 2 N–H and O–H groups in total. The lowest BCUT2D eigenvalue weighted by Crippen LogP contribution is -2.35. The van der Waals surface area contributed by atoms with E-state index in [2.05, 4.69) is 0 Å². The van der Waals surface area contributed by atoms with Crippen molar-refractivity contribution >= 4 is 5.97 Å². The lowest BCUT2D eigenvalue weighted by molar-refractivity contribution is -0.136. The molecule has 2 atom stereocenters. The van der Waals surface area contributed by atoms with Crippen LogP contribution in [0, 0.1) is 5.92 Å². The molecule has 0 saturated heterocycles. The Kier molecular flexibility index (Phi) is 5.54. The van der Waals surface area contributed by atoms with Crippen LogP contribution in [0.5, 0.6) is 0 Å². The highest BCUT2D eigenvalue weighted by Crippen LogP contribution is 2.34. The average molecular weight is 282 g/mol. The third kappa shape index (κ3) is 5.10. The number of carbonyl (C=O) groups is 1. The van der Waals surface area contributed by atoms with E-state index in [4.69, 9.17) is 4.74 Å². The zero-order chi connectivity index (χ0) is 15.4. The van der Waals surface area contributed by atoms with Gasteiger partial charge in [0.25, 0.3) is 0 Å². The molecule has 0 heterocycles. The van der Waals surface area contributed by atoms with E-state index in [9.17, 15) is 15.0 Å². The van der Waals surface area contributed by atoms with Gasteiger partial charge in [0.2, 0.25) is 0 Å². The van der Waals surface area contributed by atoms with Crippen LogP contribution in [0.4, 0.5) is 0 Å². The zero-order valence-corrected chi connectivity index (χ0v) is 12.8. The fourth-order valence-corrected chi connectivity index (χ4v) is 2.47. The zero-order valence-electron chi connectivity index (χ0n) is 12.8. The molecule has 0 amide bonds. The van der Waals surface area contributed by atoms with Gasteiger partial charge in [-0.1, -0.05) is 18.2 Å². The summed E-state index contributed by atoms with van der Waals surface area (Å²) in [5, 5.41) is 20.2. The molecule has 1 aliphatic carbocycles. The minimum absolute atomic E-state index is 0.113. The van der Waals surface area contributed by atoms with Crippen molar-refractivity contribution in [3.63, 3.8) is 0 Å². The van der Waals surface area contributed by atoms with E-state index < -0.39 is 11.2 Å². The molecule has 0 aromatic carbocycles. The van der Waals surface area contributed by atoms with Crippen LogP contribution >= 0.6 is 0 Å². The Labute approximate surface area is 121 Å². The highest BCUT2D eigenvalue weighted by atomic mass is 16.5. The van der Waals surface area contributed by atoms with E-state index in [0.29, 0.717) is 24.8 Å². The van der Waals surface area contributed by atoms with E-state index in [-0.39, 0.29) is 11.9 Å². The van der Waals surface area contributed by atoms with Crippen molar-refractivity contribution < 1.29 is 19.7 Å². The molecule has 0 fully saturated rings.